The number of nitrogens with one attached hydrogen (secondary N) is 2. The Bertz CT molecular complexity index is 610. The van der Waals surface area contributed by atoms with Crippen LogP contribution >= 0.6 is 0 Å². The van der Waals surface area contributed by atoms with Gasteiger partial charge in [-0.3, -0.25) is 4.99 Å². The van der Waals surface area contributed by atoms with Gasteiger partial charge in [0.15, 0.2) is 5.96 Å². The van der Waals surface area contributed by atoms with E-state index in [-0.39, 0.29) is 0 Å². The first-order valence-corrected chi connectivity index (χ1v) is 8.60. The van der Waals surface area contributed by atoms with E-state index in [1.165, 1.54) is 6.42 Å². The fourth-order valence-corrected chi connectivity index (χ4v) is 3.58. The van der Waals surface area contributed by atoms with Crippen molar-refractivity contribution in [3.05, 3.63) is 17.7 Å². The molecular weight excluding hydrogens is 322 g/mol. The maximum atomic E-state index is 5.89. The molecular formula is C18H27N3O4. The Labute approximate surface area is 148 Å². The van der Waals surface area contributed by atoms with Gasteiger partial charge in [0.05, 0.1) is 51.7 Å². The number of methoxy groups -OCH3 is 3. The zero-order valence-electron chi connectivity index (χ0n) is 15.3. The molecule has 2 aliphatic rings. The van der Waals surface area contributed by atoms with Crippen LogP contribution in [0.25, 0.3) is 0 Å². The summed E-state index contributed by atoms with van der Waals surface area (Å²) in [5, 5.41) is 6.81. The second-order valence-electron chi connectivity index (χ2n) is 6.30. The van der Waals surface area contributed by atoms with Crippen LogP contribution in [-0.4, -0.2) is 52.6 Å². The van der Waals surface area contributed by atoms with E-state index >= 15 is 0 Å². The minimum atomic E-state index is 0.300. The molecule has 0 saturated carbocycles. The van der Waals surface area contributed by atoms with E-state index in [0.717, 1.165) is 24.4 Å². The number of guanidine groups is 1. The third kappa shape index (κ3) is 3.76. The van der Waals surface area contributed by atoms with Gasteiger partial charge in [0, 0.05) is 19.2 Å². The molecule has 7 nitrogen and oxygen atoms in total. The second kappa shape index (κ2) is 7.82. The van der Waals surface area contributed by atoms with Crippen molar-refractivity contribution in [2.45, 2.75) is 44.1 Å². The molecule has 0 aromatic heterocycles. The molecule has 138 valence electrons. The topological polar surface area (TPSA) is 73.3 Å². The van der Waals surface area contributed by atoms with Crippen LogP contribution in [0.1, 0.15) is 24.8 Å². The van der Waals surface area contributed by atoms with Gasteiger partial charge in [-0.2, -0.15) is 0 Å². The fraction of sp³-hybridized carbons (Fsp3) is 0.611. The number of hydrogen-bond donors (Lipinski definition) is 2. The van der Waals surface area contributed by atoms with Crippen LogP contribution in [0, 0.1) is 0 Å². The molecule has 0 aliphatic carbocycles. The first kappa shape index (κ1) is 17.7. The molecule has 2 aliphatic heterocycles. The maximum absolute atomic E-state index is 5.89. The molecule has 1 aromatic carbocycles. The van der Waals surface area contributed by atoms with Gasteiger partial charge in [-0.25, -0.2) is 0 Å². The molecule has 1 aromatic rings. The van der Waals surface area contributed by atoms with Crippen molar-refractivity contribution in [1.82, 2.24) is 10.6 Å². The Kier molecular flexibility index (Phi) is 5.53. The van der Waals surface area contributed by atoms with Crippen molar-refractivity contribution in [2.24, 2.45) is 4.99 Å². The van der Waals surface area contributed by atoms with Crippen LogP contribution in [-0.2, 0) is 11.3 Å². The van der Waals surface area contributed by atoms with E-state index in [1.54, 1.807) is 28.4 Å². The lowest BCUT2D eigenvalue weighted by atomic mass is 9.96. The normalized spacial score (nSPS) is 25.0. The summed E-state index contributed by atoms with van der Waals surface area (Å²) in [7, 11) is 6.66. The summed E-state index contributed by atoms with van der Waals surface area (Å²) in [6.45, 7) is 0.525. The van der Waals surface area contributed by atoms with Gasteiger partial charge in [0.25, 0.3) is 0 Å². The summed E-state index contributed by atoms with van der Waals surface area (Å²) < 4.78 is 22.2. The molecule has 25 heavy (non-hydrogen) atoms. The summed E-state index contributed by atoms with van der Waals surface area (Å²) in [5.74, 6) is 2.87. The standard InChI is InChI=1S/C18H27N3O4/c1-19-18(21-14-7-11-5-6-15(14)25-11)20-10-13-16(23-3)8-12(22-2)9-17(13)24-4/h8-9,11,14-15H,5-7,10H2,1-4H3,(H2,19,20,21). The van der Waals surface area contributed by atoms with Crippen LogP contribution in [0.5, 0.6) is 17.2 Å². The van der Waals surface area contributed by atoms with Crippen LogP contribution in [0.15, 0.2) is 17.1 Å². The SMILES string of the molecule is CN=C(NCc1c(OC)cc(OC)cc1OC)NC1CC2CCC1O2. The average molecular weight is 349 g/mol. The van der Waals surface area contributed by atoms with Crippen LogP contribution in [0.2, 0.25) is 0 Å². The highest BCUT2D eigenvalue weighted by atomic mass is 16.5. The molecule has 2 saturated heterocycles. The molecule has 0 amide bonds. The van der Waals surface area contributed by atoms with Gasteiger partial charge >= 0.3 is 0 Å². The van der Waals surface area contributed by atoms with Gasteiger partial charge in [-0.1, -0.05) is 0 Å². The van der Waals surface area contributed by atoms with Crippen molar-refractivity contribution in [3.63, 3.8) is 0 Å². The van der Waals surface area contributed by atoms with Gasteiger partial charge in [0.2, 0.25) is 0 Å². The zero-order valence-corrected chi connectivity index (χ0v) is 15.3. The zero-order chi connectivity index (χ0) is 17.8. The monoisotopic (exact) mass is 349 g/mol. The number of ether oxygens (including phenoxy) is 4. The van der Waals surface area contributed by atoms with Crippen molar-refractivity contribution in [3.8, 4) is 17.2 Å². The number of rotatable bonds is 6. The number of hydrogen-bond acceptors (Lipinski definition) is 5. The molecule has 3 atom stereocenters. The van der Waals surface area contributed by atoms with E-state index in [2.05, 4.69) is 15.6 Å². The van der Waals surface area contributed by atoms with E-state index in [4.69, 9.17) is 18.9 Å². The molecule has 7 heteroatoms. The average Bonchev–Trinajstić information content (AvgIpc) is 3.27. The van der Waals surface area contributed by atoms with Gasteiger partial charge in [-0.05, 0) is 19.3 Å². The molecule has 3 unspecified atom stereocenters. The molecule has 0 radical (unpaired) electrons. The van der Waals surface area contributed by atoms with Crippen molar-refractivity contribution >= 4 is 5.96 Å². The predicted octanol–water partition coefficient (Wildman–Crippen LogP) is 1.70. The largest absolute Gasteiger partial charge is 0.496 e. The number of benzene rings is 1. The first-order valence-electron chi connectivity index (χ1n) is 8.60. The molecule has 2 heterocycles. The summed E-state index contributed by atoms with van der Waals surface area (Å²) in [5.41, 5.74) is 0.915. The predicted molar refractivity (Wildman–Crippen MR) is 95.7 cm³/mol. The lowest BCUT2D eigenvalue weighted by Crippen LogP contribution is -2.47. The summed E-state index contributed by atoms with van der Waals surface area (Å²) in [6.07, 6.45) is 4.05. The highest BCUT2D eigenvalue weighted by molar-refractivity contribution is 5.80. The molecule has 0 spiro atoms. The Morgan fingerprint density at radius 2 is 1.88 bits per heavy atom. The smallest absolute Gasteiger partial charge is 0.191 e. The second-order valence-corrected chi connectivity index (χ2v) is 6.30. The summed E-state index contributed by atoms with van der Waals surface area (Å²) in [4.78, 5) is 4.33. The molecule has 3 rings (SSSR count). The minimum absolute atomic E-state index is 0.300. The number of nitrogens with zero attached hydrogens (tertiary/aromatic N) is 1. The summed E-state index contributed by atoms with van der Waals surface area (Å²) in [6, 6.07) is 4.02. The first-order chi connectivity index (χ1) is 12.2. The lowest BCUT2D eigenvalue weighted by molar-refractivity contribution is 0.0992. The molecule has 2 bridgehead atoms. The highest BCUT2D eigenvalue weighted by Crippen LogP contribution is 2.35. The third-order valence-corrected chi connectivity index (χ3v) is 4.90. The van der Waals surface area contributed by atoms with Crippen molar-refractivity contribution < 1.29 is 18.9 Å². The van der Waals surface area contributed by atoms with Gasteiger partial charge in [0.1, 0.15) is 17.2 Å². The lowest BCUT2D eigenvalue weighted by Gasteiger charge is -2.23. The Morgan fingerprint density at radius 1 is 1.16 bits per heavy atom. The van der Waals surface area contributed by atoms with Gasteiger partial charge < -0.3 is 29.6 Å². The highest BCUT2D eigenvalue weighted by Gasteiger charge is 2.41. The van der Waals surface area contributed by atoms with Crippen LogP contribution in [0.3, 0.4) is 0 Å². The van der Waals surface area contributed by atoms with E-state index in [1.807, 2.05) is 12.1 Å². The van der Waals surface area contributed by atoms with E-state index in [0.29, 0.717) is 42.0 Å². The van der Waals surface area contributed by atoms with Crippen LogP contribution < -0.4 is 24.8 Å². The summed E-state index contributed by atoms with van der Waals surface area (Å²) >= 11 is 0. The number of fused-ring (bicyclic) bond motifs is 2. The van der Waals surface area contributed by atoms with Crippen molar-refractivity contribution in [1.29, 1.82) is 0 Å². The molecule has 2 fully saturated rings. The molecule has 2 N–H and O–H groups in total. The maximum Gasteiger partial charge on any atom is 0.191 e. The number of aliphatic imine (C=N–C) groups is 1. The quantitative estimate of drug-likeness (QED) is 0.602. The van der Waals surface area contributed by atoms with Crippen molar-refractivity contribution in [2.75, 3.05) is 28.4 Å². The Hall–Kier alpha value is -2.15. The van der Waals surface area contributed by atoms with E-state index < -0.39 is 0 Å². The minimum Gasteiger partial charge on any atom is -0.496 e. The Morgan fingerprint density at radius 3 is 2.36 bits per heavy atom. The third-order valence-electron chi connectivity index (χ3n) is 4.90. The van der Waals surface area contributed by atoms with Crippen LogP contribution in [0.4, 0.5) is 0 Å². The van der Waals surface area contributed by atoms with E-state index in [9.17, 15) is 0 Å². The Balaban J connectivity index is 1.67. The van der Waals surface area contributed by atoms with Gasteiger partial charge in [-0.15, -0.1) is 0 Å². The fourth-order valence-electron chi connectivity index (χ4n) is 3.58.